The van der Waals surface area contributed by atoms with Crippen molar-refractivity contribution in [2.24, 2.45) is 11.8 Å². The lowest BCUT2D eigenvalue weighted by molar-refractivity contribution is -0.151. The van der Waals surface area contributed by atoms with E-state index < -0.39 is 41.2 Å². The van der Waals surface area contributed by atoms with Crippen molar-refractivity contribution in [3.8, 4) is 17.2 Å². The Kier molecular flexibility index (Phi) is 6.08. The van der Waals surface area contributed by atoms with Crippen molar-refractivity contribution in [1.82, 2.24) is 10.2 Å². The van der Waals surface area contributed by atoms with Crippen LogP contribution in [0.25, 0.3) is 0 Å². The summed E-state index contributed by atoms with van der Waals surface area (Å²) in [5.41, 5.74) is -0.285. The van der Waals surface area contributed by atoms with Crippen molar-refractivity contribution in [1.29, 1.82) is 0 Å². The minimum Gasteiger partial charge on any atom is -0.508 e. The van der Waals surface area contributed by atoms with Crippen LogP contribution in [0.1, 0.15) is 22.7 Å². The molecule has 0 aromatic heterocycles. The van der Waals surface area contributed by atoms with Gasteiger partial charge in [0.25, 0.3) is 0 Å². The molecule has 0 bridgehead atoms. The Bertz CT molecular complexity index is 1360. The molecule has 2 aliphatic rings. The number of hydrogen-bond acceptors (Lipinski definition) is 7. The zero-order valence-corrected chi connectivity index (χ0v) is 20.0. The van der Waals surface area contributed by atoms with Crippen LogP contribution in [-0.4, -0.2) is 50.7 Å². The number of para-hydroxylation sites is 1. The lowest BCUT2D eigenvalue weighted by Crippen LogP contribution is -2.57. The van der Waals surface area contributed by atoms with E-state index in [0.29, 0.717) is 5.56 Å². The minimum atomic E-state index is -1.85. The summed E-state index contributed by atoms with van der Waals surface area (Å²) in [7, 11) is 1.39. The number of nitrogens with zero attached hydrogens (tertiary/aromatic N) is 1. The van der Waals surface area contributed by atoms with E-state index in [2.05, 4.69) is 5.32 Å². The van der Waals surface area contributed by atoms with Gasteiger partial charge in [-0.25, -0.2) is 0 Å². The van der Waals surface area contributed by atoms with E-state index in [-0.39, 0.29) is 35.8 Å². The van der Waals surface area contributed by atoms with Gasteiger partial charge >= 0.3 is 5.97 Å². The third kappa shape index (κ3) is 3.97. The van der Waals surface area contributed by atoms with Crippen LogP contribution in [0.5, 0.6) is 17.2 Å². The molecule has 2 amide bonds. The van der Waals surface area contributed by atoms with Crippen LogP contribution in [-0.2, 0) is 27.3 Å². The fourth-order valence-corrected chi connectivity index (χ4v) is 5.58. The van der Waals surface area contributed by atoms with Crippen molar-refractivity contribution in [2.75, 3.05) is 7.11 Å². The number of nitrogens with one attached hydrogen (secondary N) is 1. The molecular formula is C28H26N2O7. The predicted octanol–water partition coefficient (Wildman–Crippen LogP) is 2.62. The second-order valence-corrected chi connectivity index (χ2v) is 9.39. The Morgan fingerprint density at radius 2 is 1.65 bits per heavy atom. The Hall–Kier alpha value is -4.37. The normalized spacial score (nSPS) is 24.8. The fraction of sp³-hybridized carbons (Fsp3) is 0.250. The van der Waals surface area contributed by atoms with E-state index in [4.69, 9.17) is 4.74 Å². The highest BCUT2D eigenvalue weighted by molar-refractivity contribution is 6.09. The molecule has 5 rings (SSSR count). The van der Waals surface area contributed by atoms with Gasteiger partial charge in [0, 0.05) is 18.0 Å². The molecule has 4 N–H and O–H groups in total. The summed E-state index contributed by atoms with van der Waals surface area (Å²) in [5.74, 6) is -4.72. The lowest BCUT2D eigenvalue weighted by Gasteiger charge is -2.31. The van der Waals surface area contributed by atoms with Crippen LogP contribution < -0.4 is 10.1 Å². The van der Waals surface area contributed by atoms with Gasteiger partial charge in [0.05, 0.1) is 25.5 Å². The number of imide groups is 1. The number of carbonyl (C=O) groups excluding carboxylic acids is 2. The van der Waals surface area contributed by atoms with Gasteiger partial charge in [-0.3, -0.25) is 24.6 Å². The van der Waals surface area contributed by atoms with E-state index in [1.165, 1.54) is 19.2 Å². The smallest absolute Gasteiger partial charge is 0.325 e. The maximum atomic E-state index is 13.8. The first kappa shape index (κ1) is 24.3. The Balaban J connectivity index is 1.63. The number of hydrogen-bond donors (Lipinski definition) is 4. The Labute approximate surface area is 212 Å². The van der Waals surface area contributed by atoms with Crippen LogP contribution >= 0.6 is 0 Å². The third-order valence-electron chi connectivity index (χ3n) is 7.32. The van der Waals surface area contributed by atoms with E-state index >= 15 is 0 Å². The molecule has 2 saturated heterocycles. The maximum Gasteiger partial charge on any atom is 0.325 e. The highest BCUT2D eigenvalue weighted by atomic mass is 16.5. The summed E-state index contributed by atoms with van der Waals surface area (Å²) in [4.78, 5) is 41.7. The fourth-order valence-electron chi connectivity index (χ4n) is 5.58. The monoisotopic (exact) mass is 502 g/mol. The van der Waals surface area contributed by atoms with Gasteiger partial charge in [-0.1, -0.05) is 54.6 Å². The number of phenols is 2. The number of phenolic OH excluding ortho intramolecular Hbond substituents is 2. The summed E-state index contributed by atoms with van der Waals surface area (Å²) < 4.78 is 5.23. The number of rotatable bonds is 7. The number of carbonyl (C=O) groups is 3. The van der Waals surface area contributed by atoms with Crippen molar-refractivity contribution < 1.29 is 34.4 Å². The van der Waals surface area contributed by atoms with Crippen LogP contribution in [0.3, 0.4) is 0 Å². The summed E-state index contributed by atoms with van der Waals surface area (Å²) >= 11 is 0. The van der Waals surface area contributed by atoms with Crippen molar-refractivity contribution in [2.45, 2.75) is 24.5 Å². The highest BCUT2D eigenvalue weighted by Crippen LogP contribution is 2.52. The van der Waals surface area contributed by atoms with Gasteiger partial charge in [-0.2, -0.15) is 0 Å². The van der Waals surface area contributed by atoms with Gasteiger partial charge in [-0.05, 0) is 29.3 Å². The van der Waals surface area contributed by atoms with E-state index in [0.717, 1.165) is 10.5 Å². The maximum absolute atomic E-state index is 13.8. The quantitative estimate of drug-likeness (QED) is 0.362. The second kappa shape index (κ2) is 9.25. The molecule has 3 aromatic carbocycles. The van der Waals surface area contributed by atoms with Gasteiger partial charge in [-0.15, -0.1) is 0 Å². The van der Waals surface area contributed by atoms with Gasteiger partial charge in [0.15, 0.2) is 11.5 Å². The SMILES string of the molecule is COc1cccc(C2NC(Cc3ccc(O)cc3)(C(=O)O)C3C(=O)N(Cc4ccccc4)C(=O)C23)c1O. The van der Waals surface area contributed by atoms with Crippen molar-refractivity contribution in [3.63, 3.8) is 0 Å². The molecule has 3 aromatic rings. The summed E-state index contributed by atoms with van der Waals surface area (Å²) in [6, 6.07) is 18.8. The van der Waals surface area contributed by atoms with Crippen LogP contribution in [0, 0.1) is 11.8 Å². The summed E-state index contributed by atoms with van der Waals surface area (Å²) in [5, 5.41) is 34.2. The number of carboxylic acid groups (broad SMARTS) is 1. The largest absolute Gasteiger partial charge is 0.508 e. The predicted molar refractivity (Wildman–Crippen MR) is 132 cm³/mol. The molecule has 0 radical (unpaired) electrons. The number of carboxylic acids is 1. The first-order valence-electron chi connectivity index (χ1n) is 11.8. The molecule has 190 valence electrons. The second-order valence-electron chi connectivity index (χ2n) is 9.39. The molecule has 2 aliphatic heterocycles. The molecule has 2 heterocycles. The zero-order valence-electron chi connectivity index (χ0n) is 20.0. The van der Waals surface area contributed by atoms with Gasteiger partial charge < -0.3 is 20.1 Å². The highest BCUT2D eigenvalue weighted by Gasteiger charge is 2.68. The first-order valence-corrected chi connectivity index (χ1v) is 11.8. The lowest BCUT2D eigenvalue weighted by atomic mass is 9.76. The molecule has 9 nitrogen and oxygen atoms in total. The van der Waals surface area contributed by atoms with E-state index in [1.54, 1.807) is 54.6 Å². The van der Waals surface area contributed by atoms with Gasteiger partial charge in [0.2, 0.25) is 11.8 Å². The molecule has 4 unspecified atom stereocenters. The number of likely N-dealkylation sites (tertiary alicyclic amines) is 1. The molecule has 37 heavy (non-hydrogen) atoms. The summed E-state index contributed by atoms with van der Waals surface area (Å²) in [6.07, 6.45) is -0.122. The van der Waals surface area contributed by atoms with Crippen LogP contribution in [0.2, 0.25) is 0 Å². The average molecular weight is 503 g/mol. The van der Waals surface area contributed by atoms with Gasteiger partial charge in [0.1, 0.15) is 11.3 Å². The van der Waals surface area contributed by atoms with Crippen LogP contribution in [0.4, 0.5) is 0 Å². The topological polar surface area (TPSA) is 136 Å². The number of benzene rings is 3. The van der Waals surface area contributed by atoms with Crippen molar-refractivity contribution >= 4 is 17.8 Å². The molecule has 4 atom stereocenters. The number of ether oxygens (including phenoxy) is 1. The number of methoxy groups -OCH3 is 1. The Morgan fingerprint density at radius 1 is 0.946 bits per heavy atom. The molecular weight excluding hydrogens is 476 g/mol. The molecule has 0 spiro atoms. The first-order chi connectivity index (χ1) is 17.8. The Morgan fingerprint density at radius 3 is 2.30 bits per heavy atom. The molecule has 0 aliphatic carbocycles. The minimum absolute atomic E-state index is 0.0111. The molecule has 2 fully saturated rings. The van der Waals surface area contributed by atoms with Crippen LogP contribution in [0.15, 0.2) is 72.8 Å². The standard InChI is InChI=1S/C28H26N2O7/c1-37-20-9-5-8-19(24(20)32)23-21-22(26(34)30(25(21)33)15-17-6-3-2-4-7-17)28(29-23,27(35)36)14-16-10-12-18(31)13-11-16/h2-13,21-23,29,31-32H,14-15H2,1H3,(H,35,36). The van der Waals surface area contributed by atoms with E-state index in [1.807, 2.05) is 6.07 Å². The zero-order chi connectivity index (χ0) is 26.3. The molecule has 0 saturated carbocycles. The van der Waals surface area contributed by atoms with E-state index in [9.17, 15) is 29.7 Å². The van der Waals surface area contributed by atoms with Crippen molar-refractivity contribution in [3.05, 3.63) is 89.5 Å². The number of fused-ring (bicyclic) bond motifs is 1. The number of aliphatic carboxylic acids is 1. The number of amides is 2. The summed E-state index contributed by atoms with van der Waals surface area (Å²) in [6.45, 7) is 0.0111. The third-order valence-corrected chi connectivity index (χ3v) is 7.32. The number of aromatic hydroxyl groups is 2. The average Bonchev–Trinajstić information content (AvgIpc) is 3.36. The molecule has 9 heteroatoms.